The van der Waals surface area contributed by atoms with Crippen LogP contribution < -0.4 is 10.1 Å². The maximum absolute atomic E-state index is 12.3. The molecule has 0 bridgehead atoms. The van der Waals surface area contributed by atoms with Crippen LogP contribution in [0.3, 0.4) is 0 Å². The quantitative estimate of drug-likeness (QED) is 0.786. The minimum atomic E-state index is -0.276. The van der Waals surface area contributed by atoms with Gasteiger partial charge in [-0.2, -0.15) is 0 Å². The van der Waals surface area contributed by atoms with Crippen molar-refractivity contribution in [2.75, 3.05) is 18.4 Å². The highest BCUT2D eigenvalue weighted by Gasteiger charge is 2.18. The molecule has 1 saturated heterocycles. The van der Waals surface area contributed by atoms with E-state index in [4.69, 9.17) is 4.74 Å². The predicted octanol–water partition coefficient (Wildman–Crippen LogP) is 4.00. The van der Waals surface area contributed by atoms with E-state index in [0.717, 1.165) is 50.1 Å². The Bertz CT molecular complexity index is 736. The number of amides is 2. The van der Waals surface area contributed by atoms with Crippen LogP contribution in [0.25, 0.3) is 0 Å². The number of rotatable bonds is 6. The Morgan fingerprint density at radius 3 is 2.22 bits per heavy atom. The van der Waals surface area contributed by atoms with Crippen LogP contribution in [0.2, 0.25) is 0 Å². The van der Waals surface area contributed by atoms with E-state index < -0.39 is 0 Å². The summed E-state index contributed by atoms with van der Waals surface area (Å²) < 4.78 is 5.73. The molecule has 1 aliphatic rings. The largest absolute Gasteiger partial charge is 0.489 e. The van der Waals surface area contributed by atoms with E-state index in [9.17, 15) is 9.59 Å². The van der Waals surface area contributed by atoms with Crippen LogP contribution in [-0.2, 0) is 16.2 Å². The number of benzene rings is 2. The lowest BCUT2D eigenvalue weighted by Crippen LogP contribution is -2.34. The van der Waals surface area contributed by atoms with Gasteiger partial charge in [-0.1, -0.05) is 43.2 Å². The summed E-state index contributed by atoms with van der Waals surface area (Å²) in [6.45, 7) is 2.02. The van der Waals surface area contributed by atoms with E-state index in [1.165, 1.54) is 0 Å². The molecule has 5 heteroatoms. The first-order valence-electron chi connectivity index (χ1n) is 9.55. The lowest BCUT2D eigenvalue weighted by atomic mass is 10.2. The first kappa shape index (κ1) is 19.0. The van der Waals surface area contributed by atoms with Crippen LogP contribution in [-0.4, -0.2) is 29.8 Å². The number of carbonyl (C=O) groups is 2. The fourth-order valence-electron chi connectivity index (χ4n) is 3.15. The minimum Gasteiger partial charge on any atom is -0.489 e. The Hall–Kier alpha value is -2.82. The van der Waals surface area contributed by atoms with Crippen LogP contribution in [0.1, 0.15) is 37.7 Å². The number of nitrogens with one attached hydrogen (secondary N) is 1. The molecule has 0 unspecified atom stereocenters. The van der Waals surface area contributed by atoms with E-state index >= 15 is 0 Å². The van der Waals surface area contributed by atoms with Crippen molar-refractivity contribution in [3.63, 3.8) is 0 Å². The first-order chi connectivity index (χ1) is 13.2. The summed E-state index contributed by atoms with van der Waals surface area (Å²) >= 11 is 0. The number of anilines is 1. The summed E-state index contributed by atoms with van der Waals surface area (Å²) in [5.41, 5.74) is 1.76. The Morgan fingerprint density at radius 1 is 0.889 bits per heavy atom. The fraction of sp³-hybridized carbons (Fsp3) is 0.364. The molecule has 0 aliphatic carbocycles. The monoisotopic (exact) mass is 366 g/mol. The van der Waals surface area contributed by atoms with Crippen molar-refractivity contribution < 1.29 is 14.3 Å². The van der Waals surface area contributed by atoms with Crippen molar-refractivity contribution in [2.24, 2.45) is 0 Å². The Labute approximate surface area is 160 Å². The van der Waals surface area contributed by atoms with Gasteiger partial charge in [0.15, 0.2) is 0 Å². The van der Waals surface area contributed by atoms with Crippen LogP contribution >= 0.6 is 0 Å². The average molecular weight is 366 g/mol. The van der Waals surface area contributed by atoms with Gasteiger partial charge >= 0.3 is 0 Å². The van der Waals surface area contributed by atoms with Crippen LogP contribution in [0.15, 0.2) is 54.6 Å². The number of likely N-dealkylation sites (tertiary alicyclic amines) is 1. The molecule has 142 valence electrons. The van der Waals surface area contributed by atoms with Gasteiger partial charge in [0.25, 0.3) is 0 Å². The molecule has 1 N–H and O–H groups in total. The summed E-state index contributed by atoms with van der Waals surface area (Å²) in [5.74, 6) is 0.372. The van der Waals surface area contributed by atoms with Gasteiger partial charge < -0.3 is 15.0 Å². The number of ether oxygens (including phenoxy) is 1. The molecular formula is C22H26N2O3. The third-order valence-corrected chi connectivity index (χ3v) is 4.66. The van der Waals surface area contributed by atoms with Gasteiger partial charge in [0.2, 0.25) is 11.8 Å². The second kappa shape index (κ2) is 9.76. The van der Waals surface area contributed by atoms with Gasteiger partial charge in [-0.25, -0.2) is 0 Å². The minimum absolute atomic E-state index is 0.0859. The third kappa shape index (κ3) is 6.13. The van der Waals surface area contributed by atoms with E-state index in [1.54, 1.807) is 12.1 Å². The lowest BCUT2D eigenvalue weighted by molar-refractivity contribution is -0.134. The molecule has 5 nitrogen and oxygen atoms in total. The molecule has 2 aromatic rings. The van der Waals surface area contributed by atoms with Crippen LogP contribution in [0.4, 0.5) is 5.69 Å². The highest BCUT2D eigenvalue weighted by molar-refractivity contribution is 6.03. The van der Waals surface area contributed by atoms with Gasteiger partial charge in [-0.05, 0) is 42.7 Å². The molecule has 3 rings (SSSR count). The molecule has 0 aromatic heterocycles. The van der Waals surface area contributed by atoms with Gasteiger partial charge in [0, 0.05) is 18.8 Å². The van der Waals surface area contributed by atoms with Crippen molar-refractivity contribution in [3.05, 3.63) is 60.2 Å². The van der Waals surface area contributed by atoms with E-state index in [1.807, 2.05) is 47.4 Å². The van der Waals surface area contributed by atoms with E-state index in [-0.39, 0.29) is 18.2 Å². The molecule has 0 saturated carbocycles. The maximum Gasteiger partial charge on any atom is 0.233 e. The van der Waals surface area contributed by atoms with Crippen molar-refractivity contribution >= 4 is 17.5 Å². The Balaban J connectivity index is 1.45. The summed E-state index contributed by atoms with van der Waals surface area (Å²) in [7, 11) is 0. The SMILES string of the molecule is O=C(CC(=O)N1CCCCCC1)Nc1ccc(OCc2ccccc2)cc1. The molecule has 27 heavy (non-hydrogen) atoms. The molecule has 1 fully saturated rings. The Kier molecular flexibility index (Phi) is 6.85. The molecule has 0 spiro atoms. The number of hydrogen-bond acceptors (Lipinski definition) is 3. The summed E-state index contributed by atoms with van der Waals surface area (Å²) in [6, 6.07) is 17.1. The molecule has 2 aromatic carbocycles. The van der Waals surface area contributed by atoms with Crippen molar-refractivity contribution in [1.82, 2.24) is 4.90 Å². The average Bonchev–Trinajstić information content (AvgIpc) is 2.98. The topological polar surface area (TPSA) is 58.6 Å². The van der Waals surface area contributed by atoms with Crippen LogP contribution in [0, 0.1) is 0 Å². The molecule has 0 atom stereocenters. The summed E-state index contributed by atoms with van der Waals surface area (Å²) in [5, 5.41) is 2.79. The highest BCUT2D eigenvalue weighted by Crippen LogP contribution is 2.17. The normalized spacial score (nSPS) is 14.3. The second-order valence-corrected chi connectivity index (χ2v) is 6.82. The van der Waals surface area contributed by atoms with Gasteiger partial charge in [0.1, 0.15) is 18.8 Å². The standard InChI is InChI=1S/C22H26N2O3/c25-21(16-22(26)24-14-6-1-2-7-15-24)23-19-10-12-20(13-11-19)27-17-18-8-4-3-5-9-18/h3-5,8-13H,1-2,6-7,14-17H2,(H,23,25). The van der Waals surface area contributed by atoms with E-state index in [2.05, 4.69) is 5.32 Å². The maximum atomic E-state index is 12.3. The number of nitrogens with zero attached hydrogens (tertiary/aromatic N) is 1. The zero-order valence-corrected chi connectivity index (χ0v) is 15.5. The number of carbonyl (C=O) groups excluding carboxylic acids is 2. The first-order valence-corrected chi connectivity index (χ1v) is 9.55. The molecule has 2 amide bonds. The van der Waals surface area contributed by atoms with Crippen LogP contribution in [0.5, 0.6) is 5.75 Å². The molecule has 1 aliphatic heterocycles. The summed E-state index contributed by atoms with van der Waals surface area (Å²) in [6.07, 6.45) is 4.27. The fourth-order valence-corrected chi connectivity index (χ4v) is 3.15. The lowest BCUT2D eigenvalue weighted by Gasteiger charge is -2.19. The molecular weight excluding hydrogens is 340 g/mol. The van der Waals surface area contributed by atoms with Crippen molar-refractivity contribution in [3.8, 4) is 5.75 Å². The second-order valence-electron chi connectivity index (χ2n) is 6.82. The predicted molar refractivity (Wildman–Crippen MR) is 106 cm³/mol. The summed E-state index contributed by atoms with van der Waals surface area (Å²) in [4.78, 5) is 26.2. The highest BCUT2D eigenvalue weighted by atomic mass is 16.5. The van der Waals surface area contributed by atoms with Gasteiger partial charge in [-0.3, -0.25) is 9.59 Å². The van der Waals surface area contributed by atoms with Gasteiger partial charge in [0.05, 0.1) is 0 Å². The third-order valence-electron chi connectivity index (χ3n) is 4.66. The Morgan fingerprint density at radius 2 is 1.56 bits per heavy atom. The molecule has 1 heterocycles. The van der Waals surface area contributed by atoms with E-state index in [0.29, 0.717) is 12.3 Å². The smallest absolute Gasteiger partial charge is 0.233 e. The number of hydrogen-bond donors (Lipinski definition) is 1. The zero-order valence-electron chi connectivity index (χ0n) is 15.5. The van der Waals surface area contributed by atoms with Gasteiger partial charge in [-0.15, -0.1) is 0 Å². The van der Waals surface area contributed by atoms with Crippen molar-refractivity contribution in [1.29, 1.82) is 0 Å². The van der Waals surface area contributed by atoms with Crippen molar-refractivity contribution in [2.45, 2.75) is 38.7 Å². The zero-order chi connectivity index (χ0) is 18.9. The molecule has 0 radical (unpaired) electrons.